The molecule has 2 aliphatic heterocycles. The van der Waals surface area contributed by atoms with E-state index in [2.05, 4.69) is 16.8 Å². The first-order chi connectivity index (χ1) is 14.8. The smallest absolute Gasteiger partial charge is 0.120 e. The van der Waals surface area contributed by atoms with Crippen LogP contribution in [0.1, 0.15) is 64.4 Å². The molecule has 2 saturated heterocycles. The van der Waals surface area contributed by atoms with E-state index >= 15 is 0 Å². The predicted octanol–water partition coefficient (Wildman–Crippen LogP) is 4.24. The molecule has 0 bridgehead atoms. The van der Waals surface area contributed by atoms with Gasteiger partial charge in [-0.3, -0.25) is 5.41 Å². The molecule has 1 unspecified atom stereocenters. The Bertz CT molecular complexity index is 861. The zero-order valence-corrected chi connectivity index (χ0v) is 18.7. The van der Waals surface area contributed by atoms with Crippen LogP contribution in [-0.4, -0.2) is 53.7 Å². The first-order valence-corrected chi connectivity index (χ1v) is 11.4. The van der Waals surface area contributed by atoms with Crippen LogP contribution in [0.2, 0.25) is 0 Å². The fraction of sp³-hybridized carbons (Fsp3) is 0.625. The van der Waals surface area contributed by atoms with Crippen LogP contribution in [0, 0.1) is 16.7 Å². The molecular formula is C24H35N5O2. The minimum absolute atomic E-state index is 0.0533. The van der Waals surface area contributed by atoms with Gasteiger partial charge in [-0.25, -0.2) is 4.99 Å². The van der Waals surface area contributed by atoms with E-state index in [0.717, 1.165) is 81.7 Å². The third kappa shape index (κ3) is 4.92. The Morgan fingerprint density at radius 2 is 2.03 bits per heavy atom. The van der Waals surface area contributed by atoms with Gasteiger partial charge in [0, 0.05) is 49.0 Å². The molecule has 1 spiro atoms. The molecule has 0 radical (unpaired) electrons. The lowest BCUT2D eigenvalue weighted by Crippen LogP contribution is -2.47. The largest absolute Gasteiger partial charge is 0.488 e. The van der Waals surface area contributed by atoms with Gasteiger partial charge in [0.05, 0.1) is 5.60 Å². The summed E-state index contributed by atoms with van der Waals surface area (Å²) in [4.78, 5) is 6.63. The average Bonchev–Trinajstić information content (AvgIpc) is 3.31. The highest BCUT2D eigenvalue weighted by Crippen LogP contribution is 2.40. The van der Waals surface area contributed by atoms with Crippen molar-refractivity contribution in [3.05, 3.63) is 23.8 Å². The molecule has 1 aromatic rings. The molecule has 0 aromatic heterocycles. The maximum Gasteiger partial charge on any atom is 0.120 e. The number of amidine groups is 1. The second-order valence-corrected chi connectivity index (χ2v) is 9.62. The SMILES string of the molecule is CC(CC(=NC=N)N1CCC2(CCCO2)CC1)C(=N)c1cc(OC2(C)CC2)ccc1N. The van der Waals surface area contributed by atoms with Crippen LogP contribution in [0.4, 0.5) is 5.69 Å². The number of nitrogens with two attached hydrogens (primary N) is 1. The van der Waals surface area contributed by atoms with E-state index in [1.165, 1.54) is 0 Å². The van der Waals surface area contributed by atoms with Crippen molar-refractivity contribution in [1.82, 2.24) is 4.90 Å². The molecule has 1 atom stereocenters. The van der Waals surface area contributed by atoms with Crippen LogP contribution < -0.4 is 10.5 Å². The van der Waals surface area contributed by atoms with Gasteiger partial charge in [-0.2, -0.15) is 0 Å². The van der Waals surface area contributed by atoms with Crippen molar-refractivity contribution in [1.29, 1.82) is 10.8 Å². The Balaban J connectivity index is 1.42. The number of nitrogens with one attached hydrogen (secondary N) is 2. The average molecular weight is 426 g/mol. The quantitative estimate of drug-likeness (QED) is 0.345. The van der Waals surface area contributed by atoms with E-state index in [9.17, 15) is 0 Å². The van der Waals surface area contributed by atoms with Crippen LogP contribution in [-0.2, 0) is 4.74 Å². The number of piperidine rings is 1. The zero-order valence-electron chi connectivity index (χ0n) is 18.7. The van der Waals surface area contributed by atoms with Crippen LogP contribution in [0.25, 0.3) is 0 Å². The highest BCUT2D eigenvalue weighted by molar-refractivity contribution is 6.06. The number of benzene rings is 1. The summed E-state index contributed by atoms with van der Waals surface area (Å²) in [7, 11) is 0. The monoisotopic (exact) mass is 425 g/mol. The van der Waals surface area contributed by atoms with Crippen molar-refractivity contribution < 1.29 is 9.47 Å². The maximum atomic E-state index is 8.80. The van der Waals surface area contributed by atoms with Crippen molar-refractivity contribution >= 4 is 23.6 Å². The van der Waals surface area contributed by atoms with Gasteiger partial charge in [-0.05, 0) is 63.6 Å². The molecule has 4 N–H and O–H groups in total. The summed E-state index contributed by atoms with van der Waals surface area (Å²) >= 11 is 0. The van der Waals surface area contributed by atoms with E-state index in [1.54, 1.807) is 0 Å². The van der Waals surface area contributed by atoms with E-state index in [1.807, 2.05) is 25.1 Å². The standard InChI is InChI=1S/C24H35N5O2/c1-17(22(27)19-15-18(4-5-20(19)26)31-23(2)7-8-23)14-21(28-16-25)29-11-9-24(10-12-29)6-3-13-30-24/h4-5,15-17,25,27H,3,6-14,26H2,1-2H3. The maximum absolute atomic E-state index is 8.80. The van der Waals surface area contributed by atoms with Gasteiger partial charge >= 0.3 is 0 Å². The number of anilines is 1. The molecule has 7 nitrogen and oxygen atoms in total. The van der Waals surface area contributed by atoms with Gasteiger partial charge in [0.15, 0.2) is 0 Å². The summed E-state index contributed by atoms with van der Waals surface area (Å²) in [5, 5.41) is 16.3. The lowest BCUT2D eigenvalue weighted by Gasteiger charge is -2.40. The van der Waals surface area contributed by atoms with Crippen LogP contribution in [0.5, 0.6) is 5.75 Å². The number of nitrogens with zero attached hydrogens (tertiary/aromatic N) is 2. The van der Waals surface area contributed by atoms with Gasteiger partial charge in [0.1, 0.15) is 23.5 Å². The van der Waals surface area contributed by atoms with Crippen molar-refractivity contribution in [2.45, 2.75) is 70.0 Å². The molecule has 0 amide bonds. The molecule has 7 heteroatoms. The first kappa shape index (κ1) is 21.8. The summed E-state index contributed by atoms with van der Waals surface area (Å²) in [6, 6.07) is 5.61. The van der Waals surface area contributed by atoms with E-state index in [0.29, 0.717) is 17.8 Å². The van der Waals surface area contributed by atoms with Gasteiger partial charge in [-0.1, -0.05) is 6.92 Å². The van der Waals surface area contributed by atoms with Gasteiger partial charge in [0.2, 0.25) is 0 Å². The summed E-state index contributed by atoms with van der Waals surface area (Å²) < 4.78 is 12.1. The zero-order chi connectivity index (χ0) is 22.1. The lowest BCUT2D eigenvalue weighted by atomic mass is 9.88. The van der Waals surface area contributed by atoms with Crippen LogP contribution in [0.15, 0.2) is 23.2 Å². The molecule has 3 aliphatic rings. The third-order valence-corrected chi connectivity index (χ3v) is 7.05. The molecule has 31 heavy (non-hydrogen) atoms. The fourth-order valence-corrected chi connectivity index (χ4v) is 4.70. The Labute approximate surface area is 185 Å². The highest BCUT2D eigenvalue weighted by atomic mass is 16.5. The lowest BCUT2D eigenvalue weighted by molar-refractivity contribution is -0.0331. The summed E-state index contributed by atoms with van der Waals surface area (Å²) in [5.41, 5.74) is 8.00. The number of ether oxygens (including phenoxy) is 2. The number of rotatable bonds is 7. The summed E-state index contributed by atoms with van der Waals surface area (Å²) in [6.45, 7) is 6.78. The summed E-state index contributed by atoms with van der Waals surface area (Å²) in [6.07, 6.45) is 8.14. The van der Waals surface area contributed by atoms with Crippen LogP contribution >= 0.6 is 0 Å². The highest BCUT2D eigenvalue weighted by Gasteiger charge is 2.40. The minimum atomic E-state index is -0.0774. The summed E-state index contributed by atoms with van der Waals surface area (Å²) in [5.74, 6) is 1.57. The van der Waals surface area contributed by atoms with Crippen molar-refractivity contribution in [2.24, 2.45) is 10.9 Å². The van der Waals surface area contributed by atoms with Gasteiger partial charge in [0.25, 0.3) is 0 Å². The normalized spacial score (nSPS) is 22.9. The Kier molecular flexibility index (Phi) is 6.06. The van der Waals surface area contributed by atoms with Crippen molar-refractivity contribution in [2.75, 3.05) is 25.4 Å². The Morgan fingerprint density at radius 1 is 1.29 bits per heavy atom. The van der Waals surface area contributed by atoms with Crippen molar-refractivity contribution in [3.8, 4) is 5.75 Å². The van der Waals surface area contributed by atoms with Gasteiger partial charge in [-0.15, -0.1) is 0 Å². The van der Waals surface area contributed by atoms with E-state index in [4.69, 9.17) is 26.0 Å². The fourth-order valence-electron chi connectivity index (χ4n) is 4.70. The number of nitrogen functional groups attached to an aromatic ring is 1. The number of hydrogen-bond acceptors (Lipinski definition) is 5. The Morgan fingerprint density at radius 3 is 2.65 bits per heavy atom. The van der Waals surface area contributed by atoms with Gasteiger partial charge < -0.3 is 25.5 Å². The first-order valence-electron chi connectivity index (χ1n) is 11.4. The molecule has 1 saturated carbocycles. The predicted molar refractivity (Wildman–Crippen MR) is 125 cm³/mol. The molecule has 2 heterocycles. The molecule has 1 aliphatic carbocycles. The third-order valence-electron chi connectivity index (χ3n) is 7.05. The Hall–Kier alpha value is -2.41. The second-order valence-electron chi connectivity index (χ2n) is 9.62. The molecule has 1 aromatic carbocycles. The molecule has 168 valence electrons. The number of likely N-dealkylation sites (tertiary alicyclic amines) is 1. The van der Waals surface area contributed by atoms with Crippen LogP contribution in [0.3, 0.4) is 0 Å². The molecule has 3 fully saturated rings. The van der Waals surface area contributed by atoms with E-state index in [-0.39, 0.29) is 17.1 Å². The number of aliphatic imine (C=N–C) groups is 1. The molecule has 4 rings (SSSR count). The number of hydrogen-bond donors (Lipinski definition) is 3. The van der Waals surface area contributed by atoms with Crippen molar-refractivity contribution in [3.63, 3.8) is 0 Å². The topological polar surface area (TPSA) is 108 Å². The van der Waals surface area contributed by atoms with E-state index < -0.39 is 0 Å². The minimum Gasteiger partial charge on any atom is -0.488 e. The molecular weight excluding hydrogens is 390 g/mol. The second kappa shape index (κ2) is 8.61.